The summed E-state index contributed by atoms with van der Waals surface area (Å²) in [5.41, 5.74) is 2.38. The van der Waals surface area contributed by atoms with Crippen LogP contribution in [0.2, 0.25) is 0 Å². The van der Waals surface area contributed by atoms with Gasteiger partial charge in [-0.3, -0.25) is 0 Å². The van der Waals surface area contributed by atoms with Crippen LogP contribution in [0.15, 0.2) is 0 Å². The van der Waals surface area contributed by atoms with Gasteiger partial charge in [0.15, 0.2) is 0 Å². The lowest BCUT2D eigenvalue weighted by Crippen LogP contribution is -2.45. The number of rotatable bonds is 1. The molecule has 2 rings (SSSR count). The molecule has 13 heavy (non-hydrogen) atoms. The van der Waals surface area contributed by atoms with Gasteiger partial charge in [-0.05, 0) is 24.2 Å². The van der Waals surface area contributed by atoms with Crippen molar-refractivity contribution in [2.75, 3.05) is 0 Å². The fourth-order valence-corrected chi connectivity index (χ4v) is 3.50. The molecule has 0 aliphatic heterocycles. The molecule has 2 aliphatic carbocycles. The normalized spacial score (nSPS) is 52.8. The minimum absolute atomic E-state index is 0.0297. The molecule has 2 saturated carbocycles. The molecular weight excluding hydrogens is 166 g/mol. The van der Waals surface area contributed by atoms with Crippen molar-refractivity contribution in [2.45, 2.75) is 45.8 Å². The maximum absolute atomic E-state index is 10.1. The van der Waals surface area contributed by atoms with Crippen LogP contribution in [0.5, 0.6) is 0 Å². The van der Waals surface area contributed by atoms with E-state index in [1.165, 1.54) is 0 Å². The second-order valence-electron chi connectivity index (χ2n) is 5.38. The predicted octanol–water partition coefficient (Wildman–Crippen LogP) is 1.15. The van der Waals surface area contributed by atoms with E-state index in [1.54, 1.807) is 0 Å². The third-order valence-electron chi connectivity index (χ3n) is 4.95. The Morgan fingerprint density at radius 2 is 1.92 bits per heavy atom. The molecule has 2 aliphatic rings. The zero-order valence-electron chi connectivity index (χ0n) is 8.54. The molecule has 2 bridgehead atoms. The molecule has 0 unspecified atom stereocenters. The molecule has 0 aromatic carbocycles. The molecular formula is C10H19NO2. The monoisotopic (exact) mass is 185 g/mol. The number of hydrogen-bond acceptors (Lipinski definition) is 3. The molecule has 0 aromatic heterocycles. The molecule has 3 N–H and O–H groups in total. The smallest absolute Gasteiger partial charge is 0.0777 e. The summed E-state index contributed by atoms with van der Waals surface area (Å²) >= 11 is 0. The van der Waals surface area contributed by atoms with E-state index < -0.39 is 6.10 Å². The van der Waals surface area contributed by atoms with Crippen molar-refractivity contribution in [3.8, 4) is 0 Å². The van der Waals surface area contributed by atoms with Crippen molar-refractivity contribution in [1.82, 2.24) is 5.48 Å². The minimum Gasteiger partial charge on any atom is -0.391 e. The Balaban J connectivity index is 2.39. The number of hydrogen-bond donors (Lipinski definition) is 3. The van der Waals surface area contributed by atoms with Crippen molar-refractivity contribution in [1.29, 1.82) is 0 Å². The van der Waals surface area contributed by atoms with E-state index in [4.69, 9.17) is 5.21 Å². The Morgan fingerprint density at radius 1 is 1.31 bits per heavy atom. The average molecular weight is 185 g/mol. The molecule has 76 valence electrons. The van der Waals surface area contributed by atoms with Crippen LogP contribution in [0.25, 0.3) is 0 Å². The second-order valence-corrected chi connectivity index (χ2v) is 5.38. The average Bonchev–Trinajstić information content (AvgIpc) is 2.36. The first kappa shape index (κ1) is 9.44. The third kappa shape index (κ3) is 0.853. The van der Waals surface area contributed by atoms with Crippen molar-refractivity contribution in [2.24, 2.45) is 16.7 Å². The quantitative estimate of drug-likeness (QED) is 0.537. The van der Waals surface area contributed by atoms with Gasteiger partial charge in [0, 0.05) is 5.41 Å². The molecule has 4 atom stereocenters. The van der Waals surface area contributed by atoms with Gasteiger partial charge in [0.25, 0.3) is 0 Å². The van der Waals surface area contributed by atoms with Gasteiger partial charge >= 0.3 is 0 Å². The highest BCUT2D eigenvalue weighted by Crippen LogP contribution is 2.65. The Kier molecular flexibility index (Phi) is 1.79. The molecule has 0 saturated heterocycles. The topological polar surface area (TPSA) is 52.5 Å². The number of aliphatic hydroxyl groups excluding tert-OH is 1. The van der Waals surface area contributed by atoms with Crippen LogP contribution in [0, 0.1) is 16.7 Å². The molecule has 0 aromatic rings. The van der Waals surface area contributed by atoms with Gasteiger partial charge in [0.1, 0.15) is 0 Å². The number of aliphatic hydroxyl groups is 1. The van der Waals surface area contributed by atoms with Crippen LogP contribution in [0.4, 0.5) is 0 Å². The minimum atomic E-state index is -0.411. The number of hydroxylamine groups is 1. The largest absolute Gasteiger partial charge is 0.391 e. The van der Waals surface area contributed by atoms with Crippen molar-refractivity contribution < 1.29 is 10.3 Å². The highest BCUT2D eigenvalue weighted by molar-refractivity contribution is 5.16. The highest BCUT2D eigenvalue weighted by Gasteiger charge is 2.65. The standard InChI is InChI=1S/C10H19NO2/c1-9(2)6-4-5-10(9,3)8(12)7(6)11-13/h6-8,11-13H,4-5H2,1-3H3/t6-,7+,8+,10+/m0/s1. The van der Waals surface area contributed by atoms with Crippen LogP contribution in [0.3, 0.4) is 0 Å². The maximum Gasteiger partial charge on any atom is 0.0777 e. The van der Waals surface area contributed by atoms with Crippen molar-refractivity contribution >= 4 is 0 Å². The predicted molar refractivity (Wildman–Crippen MR) is 49.3 cm³/mol. The Morgan fingerprint density at radius 3 is 2.23 bits per heavy atom. The lowest BCUT2D eigenvalue weighted by atomic mass is 9.70. The van der Waals surface area contributed by atoms with Gasteiger partial charge in [-0.2, -0.15) is 5.48 Å². The molecule has 0 radical (unpaired) electrons. The summed E-state index contributed by atoms with van der Waals surface area (Å²) in [7, 11) is 0. The Hall–Kier alpha value is -0.120. The van der Waals surface area contributed by atoms with Gasteiger partial charge in [-0.15, -0.1) is 0 Å². The maximum atomic E-state index is 10.1. The summed E-state index contributed by atoms with van der Waals surface area (Å²) in [5, 5.41) is 19.0. The molecule has 3 nitrogen and oxygen atoms in total. The molecule has 3 heteroatoms. The molecule has 2 fully saturated rings. The van der Waals surface area contributed by atoms with E-state index >= 15 is 0 Å². The first-order valence-corrected chi connectivity index (χ1v) is 5.03. The Labute approximate surface area is 79.1 Å². The van der Waals surface area contributed by atoms with Gasteiger partial charge < -0.3 is 10.3 Å². The van der Waals surface area contributed by atoms with Gasteiger partial charge in [-0.1, -0.05) is 20.8 Å². The highest BCUT2D eigenvalue weighted by atomic mass is 16.5. The summed E-state index contributed by atoms with van der Waals surface area (Å²) in [6, 6.07) is -0.131. The van der Waals surface area contributed by atoms with Crippen molar-refractivity contribution in [3.05, 3.63) is 0 Å². The van der Waals surface area contributed by atoms with Crippen LogP contribution in [0.1, 0.15) is 33.6 Å². The summed E-state index contributed by atoms with van der Waals surface area (Å²) in [5.74, 6) is 0.400. The van der Waals surface area contributed by atoms with E-state index in [9.17, 15) is 5.11 Å². The fraction of sp³-hybridized carbons (Fsp3) is 1.00. The van der Waals surface area contributed by atoms with E-state index in [-0.39, 0.29) is 16.9 Å². The number of nitrogens with one attached hydrogen (secondary N) is 1. The first-order valence-electron chi connectivity index (χ1n) is 5.03. The molecule has 0 heterocycles. The van der Waals surface area contributed by atoms with Crippen LogP contribution in [-0.4, -0.2) is 22.5 Å². The van der Waals surface area contributed by atoms with Crippen LogP contribution >= 0.6 is 0 Å². The molecule has 0 amide bonds. The van der Waals surface area contributed by atoms with Crippen molar-refractivity contribution in [3.63, 3.8) is 0 Å². The number of fused-ring (bicyclic) bond motifs is 2. The van der Waals surface area contributed by atoms with Gasteiger partial charge in [0.05, 0.1) is 12.1 Å². The fourth-order valence-electron chi connectivity index (χ4n) is 3.50. The van der Waals surface area contributed by atoms with Gasteiger partial charge in [0.2, 0.25) is 0 Å². The Bertz CT molecular complexity index is 229. The SMILES string of the molecule is CC1(C)[C@H]2CC[C@]1(C)[C@H](O)[C@@H]2NO. The van der Waals surface area contributed by atoms with E-state index in [0.29, 0.717) is 5.92 Å². The first-order chi connectivity index (χ1) is 5.95. The summed E-state index contributed by atoms with van der Waals surface area (Å²) in [4.78, 5) is 0. The van der Waals surface area contributed by atoms with E-state index in [0.717, 1.165) is 12.8 Å². The zero-order chi connectivity index (χ0) is 9.85. The van der Waals surface area contributed by atoms with Crippen LogP contribution < -0.4 is 5.48 Å². The van der Waals surface area contributed by atoms with Gasteiger partial charge in [-0.25, -0.2) is 0 Å². The summed E-state index contributed by atoms with van der Waals surface area (Å²) in [6.45, 7) is 6.53. The second kappa shape index (κ2) is 2.47. The third-order valence-corrected chi connectivity index (χ3v) is 4.95. The zero-order valence-corrected chi connectivity index (χ0v) is 8.54. The summed E-state index contributed by atoms with van der Waals surface area (Å²) < 4.78 is 0. The summed E-state index contributed by atoms with van der Waals surface area (Å²) in [6.07, 6.45) is 1.77. The lowest BCUT2D eigenvalue weighted by molar-refractivity contribution is -0.0284. The van der Waals surface area contributed by atoms with E-state index in [2.05, 4.69) is 26.3 Å². The van der Waals surface area contributed by atoms with E-state index in [1.807, 2.05) is 0 Å². The lowest BCUT2D eigenvalue weighted by Gasteiger charge is -2.36. The molecule has 0 spiro atoms. The van der Waals surface area contributed by atoms with Crippen LogP contribution in [-0.2, 0) is 0 Å².